The minimum atomic E-state index is -1.52. The van der Waals surface area contributed by atoms with Crippen LogP contribution in [-0.4, -0.2) is 101 Å². The summed E-state index contributed by atoms with van der Waals surface area (Å²) < 4.78 is 41.3. The Morgan fingerprint density at radius 3 is 0.922 bits per heavy atom. The molecule has 16 heteroatoms. The average Bonchev–Trinajstić information content (AvgIpc) is 3.14. The first-order valence-electron chi connectivity index (χ1n) is 15.2. The van der Waals surface area contributed by atoms with Crippen LogP contribution in [0.3, 0.4) is 0 Å². The lowest BCUT2D eigenvalue weighted by Gasteiger charge is -2.31. The highest BCUT2D eigenvalue weighted by atomic mass is 16.6. The van der Waals surface area contributed by atoms with Gasteiger partial charge in [0.1, 0.15) is 63.7 Å². The largest absolute Gasteiger partial charge is 0.465 e. The number of carbonyl (C=O) groups is 8. The Morgan fingerprint density at radius 1 is 0.431 bits per heavy atom. The monoisotopic (exact) mass is 720 g/mol. The molecule has 0 bridgehead atoms. The molecule has 280 valence electrons. The van der Waals surface area contributed by atoms with Gasteiger partial charge in [-0.05, 0) is 12.3 Å². The summed E-state index contributed by atoms with van der Waals surface area (Å²) >= 11 is 0. The molecule has 0 aliphatic heterocycles. The Hall–Kier alpha value is -5.80. The van der Waals surface area contributed by atoms with Crippen LogP contribution in [0, 0.1) is 16.7 Å². The van der Waals surface area contributed by atoms with Gasteiger partial charge >= 0.3 is 47.8 Å². The molecule has 0 aromatic heterocycles. The maximum Gasteiger partial charge on any atom is 0.330 e. The molecule has 0 radical (unpaired) electrons. The lowest BCUT2D eigenvalue weighted by molar-refractivity contribution is -0.170. The van der Waals surface area contributed by atoms with Crippen molar-refractivity contribution in [1.29, 1.82) is 0 Å². The molecule has 0 rings (SSSR count). The van der Waals surface area contributed by atoms with Gasteiger partial charge in [-0.15, -0.1) is 0 Å². The molecule has 0 aliphatic rings. The highest BCUT2D eigenvalue weighted by molar-refractivity contribution is 5.83. The SMILES string of the molecule is C=CC(=O)OCC(COC(=O)C=C)(COC(=O)C=C)COC(=O)CCC(C)CC(=O)OCC(COC(=O)C=C)(COC(=O)C=C)COC(=O)C=C. The van der Waals surface area contributed by atoms with Crippen LogP contribution < -0.4 is 0 Å². The van der Waals surface area contributed by atoms with E-state index in [0.717, 1.165) is 36.5 Å². The molecular weight excluding hydrogens is 676 g/mol. The Kier molecular flexibility index (Phi) is 21.6. The van der Waals surface area contributed by atoms with E-state index in [4.69, 9.17) is 37.9 Å². The van der Waals surface area contributed by atoms with Gasteiger partial charge in [0.05, 0.1) is 0 Å². The van der Waals surface area contributed by atoms with E-state index in [1.54, 1.807) is 6.92 Å². The fraction of sp³-hybridized carbons (Fsp3) is 0.429. The van der Waals surface area contributed by atoms with E-state index in [-0.39, 0.29) is 19.3 Å². The number of ether oxygens (including phenoxy) is 8. The van der Waals surface area contributed by atoms with E-state index in [2.05, 4.69) is 39.5 Å². The third kappa shape index (κ3) is 19.7. The first-order valence-corrected chi connectivity index (χ1v) is 15.2. The number of carbonyl (C=O) groups excluding carboxylic acids is 8. The van der Waals surface area contributed by atoms with E-state index >= 15 is 0 Å². The van der Waals surface area contributed by atoms with Crippen LogP contribution >= 0.6 is 0 Å². The van der Waals surface area contributed by atoms with Crippen LogP contribution in [0.5, 0.6) is 0 Å². The quantitative estimate of drug-likeness (QED) is 0.0676. The molecule has 16 nitrogen and oxygen atoms in total. The molecule has 1 unspecified atom stereocenters. The Bertz CT molecular complexity index is 1210. The predicted molar refractivity (Wildman–Crippen MR) is 177 cm³/mol. The Labute approximate surface area is 295 Å². The molecule has 0 spiro atoms. The second kappa shape index (κ2) is 24.4. The molecule has 0 saturated heterocycles. The minimum absolute atomic E-state index is 0.124. The maximum absolute atomic E-state index is 12.8. The van der Waals surface area contributed by atoms with Gasteiger partial charge in [0, 0.05) is 49.3 Å². The topological polar surface area (TPSA) is 210 Å². The van der Waals surface area contributed by atoms with Crippen LogP contribution in [0.1, 0.15) is 26.2 Å². The second-order valence-electron chi connectivity index (χ2n) is 11.0. The lowest BCUT2D eigenvalue weighted by Crippen LogP contribution is -2.43. The zero-order chi connectivity index (χ0) is 38.9. The average molecular weight is 721 g/mol. The molecule has 0 aromatic carbocycles. The summed E-state index contributed by atoms with van der Waals surface area (Å²) in [4.78, 5) is 96.1. The van der Waals surface area contributed by atoms with Gasteiger partial charge in [-0.2, -0.15) is 0 Å². The van der Waals surface area contributed by atoms with E-state index in [1.165, 1.54) is 0 Å². The van der Waals surface area contributed by atoms with Crippen molar-refractivity contribution in [3.8, 4) is 0 Å². The number of rotatable bonds is 27. The fourth-order valence-corrected chi connectivity index (χ4v) is 3.55. The van der Waals surface area contributed by atoms with Crippen LogP contribution in [-0.2, 0) is 76.3 Å². The highest BCUT2D eigenvalue weighted by Gasteiger charge is 2.39. The van der Waals surface area contributed by atoms with Gasteiger partial charge in [0.25, 0.3) is 0 Å². The van der Waals surface area contributed by atoms with Crippen molar-refractivity contribution < 1.29 is 76.3 Å². The molecule has 0 amide bonds. The molecule has 51 heavy (non-hydrogen) atoms. The van der Waals surface area contributed by atoms with Crippen molar-refractivity contribution in [2.24, 2.45) is 16.7 Å². The molecule has 0 aromatic rings. The van der Waals surface area contributed by atoms with Crippen molar-refractivity contribution >= 4 is 47.8 Å². The number of hydrogen-bond acceptors (Lipinski definition) is 16. The van der Waals surface area contributed by atoms with Crippen molar-refractivity contribution in [2.45, 2.75) is 26.2 Å². The van der Waals surface area contributed by atoms with Gasteiger partial charge in [-0.25, -0.2) is 28.8 Å². The van der Waals surface area contributed by atoms with Gasteiger partial charge in [0.15, 0.2) is 0 Å². The number of esters is 8. The van der Waals surface area contributed by atoms with Crippen molar-refractivity contribution in [2.75, 3.05) is 52.9 Å². The zero-order valence-corrected chi connectivity index (χ0v) is 28.6. The third-order valence-corrected chi connectivity index (χ3v) is 6.56. The lowest BCUT2D eigenvalue weighted by atomic mass is 9.92. The second-order valence-corrected chi connectivity index (χ2v) is 11.0. The fourth-order valence-electron chi connectivity index (χ4n) is 3.55. The van der Waals surface area contributed by atoms with Gasteiger partial charge in [-0.3, -0.25) is 9.59 Å². The highest BCUT2D eigenvalue weighted by Crippen LogP contribution is 2.24. The van der Waals surface area contributed by atoms with Gasteiger partial charge in [0.2, 0.25) is 0 Å². The zero-order valence-electron chi connectivity index (χ0n) is 28.6. The maximum atomic E-state index is 12.8. The molecule has 0 fully saturated rings. The molecule has 0 saturated carbocycles. The summed E-state index contributed by atoms with van der Waals surface area (Å²) in [6, 6.07) is 0. The smallest absolute Gasteiger partial charge is 0.330 e. The van der Waals surface area contributed by atoms with Crippen LogP contribution in [0.2, 0.25) is 0 Å². The van der Waals surface area contributed by atoms with E-state index < -0.39 is 117 Å². The van der Waals surface area contributed by atoms with E-state index in [0.29, 0.717) is 0 Å². The molecule has 0 N–H and O–H groups in total. The normalized spacial score (nSPS) is 11.2. The van der Waals surface area contributed by atoms with Crippen molar-refractivity contribution in [3.05, 3.63) is 75.9 Å². The molecule has 0 heterocycles. The summed E-state index contributed by atoms with van der Waals surface area (Å²) in [6.45, 7) is 17.4. The van der Waals surface area contributed by atoms with Crippen LogP contribution in [0.4, 0.5) is 0 Å². The van der Waals surface area contributed by atoms with Gasteiger partial charge < -0.3 is 37.9 Å². The first kappa shape index (κ1) is 45.2. The summed E-state index contributed by atoms with van der Waals surface area (Å²) in [5.41, 5.74) is -3.04. The third-order valence-electron chi connectivity index (χ3n) is 6.56. The van der Waals surface area contributed by atoms with Crippen molar-refractivity contribution in [3.63, 3.8) is 0 Å². The summed E-state index contributed by atoms with van der Waals surface area (Å²) in [5, 5.41) is 0. The predicted octanol–water partition coefficient (Wildman–Crippen LogP) is 2.23. The van der Waals surface area contributed by atoms with E-state index in [1.807, 2.05) is 0 Å². The standard InChI is InChI=1S/C35H44O16/c1-8-26(36)44-17-34(18-45-27(37)9-2,19-46-28(38)10-3)23-50-32(42)15-14-25(7)16-33(43)51-24-35(20-47-29(39)11-4,21-48-30(40)12-5)22-49-31(41)13-6/h8-13,25H,1-6,14-24H2,7H3. The number of hydrogen-bond donors (Lipinski definition) is 0. The first-order chi connectivity index (χ1) is 24.1. The van der Waals surface area contributed by atoms with Gasteiger partial charge in [-0.1, -0.05) is 46.4 Å². The molecular formula is C35H44O16. The summed E-state index contributed by atoms with van der Waals surface area (Å²) in [7, 11) is 0. The van der Waals surface area contributed by atoms with Crippen LogP contribution in [0.25, 0.3) is 0 Å². The summed E-state index contributed by atoms with van der Waals surface area (Å²) in [6.07, 6.45) is 4.98. The molecule has 0 aliphatic carbocycles. The van der Waals surface area contributed by atoms with E-state index in [9.17, 15) is 38.4 Å². The van der Waals surface area contributed by atoms with Crippen molar-refractivity contribution in [1.82, 2.24) is 0 Å². The Morgan fingerprint density at radius 2 is 0.667 bits per heavy atom. The Balaban J connectivity index is 5.58. The summed E-state index contributed by atoms with van der Waals surface area (Å²) in [5.74, 6) is -7.03. The molecule has 1 atom stereocenters. The van der Waals surface area contributed by atoms with Crippen LogP contribution in [0.15, 0.2) is 75.9 Å². The minimum Gasteiger partial charge on any atom is -0.465 e.